The summed E-state index contributed by atoms with van der Waals surface area (Å²) < 4.78 is 1.93. The first kappa shape index (κ1) is 10.5. The van der Waals surface area contributed by atoms with Crippen LogP contribution in [0.25, 0.3) is 0 Å². The Bertz CT molecular complexity index is 356. The van der Waals surface area contributed by atoms with Crippen LogP contribution in [0.4, 0.5) is 0 Å². The number of carboxylic acids is 1. The molecule has 15 heavy (non-hydrogen) atoms. The first-order valence-electron chi connectivity index (χ1n) is 5.09. The Morgan fingerprint density at radius 2 is 2.13 bits per heavy atom. The Morgan fingerprint density at radius 1 is 1.47 bits per heavy atom. The van der Waals surface area contributed by atoms with Gasteiger partial charge < -0.3 is 9.67 Å². The van der Waals surface area contributed by atoms with Gasteiger partial charge in [-0.25, -0.2) is 4.98 Å². The SMILES string of the molecule is O=C(O)C1CCC(n2ccnc2Cl)CC1. The van der Waals surface area contributed by atoms with Crippen molar-refractivity contribution in [1.29, 1.82) is 0 Å². The van der Waals surface area contributed by atoms with Crippen molar-refractivity contribution in [2.75, 3.05) is 0 Å². The molecule has 0 radical (unpaired) electrons. The van der Waals surface area contributed by atoms with Crippen molar-refractivity contribution in [3.63, 3.8) is 0 Å². The summed E-state index contributed by atoms with van der Waals surface area (Å²) in [6.07, 6.45) is 6.73. The smallest absolute Gasteiger partial charge is 0.306 e. The third kappa shape index (κ3) is 2.15. The van der Waals surface area contributed by atoms with Gasteiger partial charge >= 0.3 is 5.97 Å². The average molecular weight is 229 g/mol. The molecule has 1 aromatic rings. The highest BCUT2D eigenvalue weighted by molar-refractivity contribution is 6.28. The molecule has 1 heterocycles. The van der Waals surface area contributed by atoms with E-state index < -0.39 is 5.97 Å². The van der Waals surface area contributed by atoms with E-state index in [0.29, 0.717) is 11.3 Å². The van der Waals surface area contributed by atoms with Crippen molar-refractivity contribution in [2.24, 2.45) is 5.92 Å². The average Bonchev–Trinajstić information content (AvgIpc) is 2.65. The van der Waals surface area contributed by atoms with Crippen LogP contribution in [-0.2, 0) is 4.79 Å². The maximum absolute atomic E-state index is 10.8. The van der Waals surface area contributed by atoms with Crippen molar-refractivity contribution < 1.29 is 9.90 Å². The number of hydrogen-bond donors (Lipinski definition) is 1. The van der Waals surface area contributed by atoms with Gasteiger partial charge in [-0.3, -0.25) is 4.79 Å². The van der Waals surface area contributed by atoms with E-state index in [1.165, 1.54) is 0 Å². The van der Waals surface area contributed by atoms with Crippen LogP contribution < -0.4 is 0 Å². The lowest BCUT2D eigenvalue weighted by atomic mass is 9.86. The molecule has 2 rings (SSSR count). The second-order valence-corrected chi connectivity index (χ2v) is 4.29. The summed E-state index contributed by atoms with van der Waals surface area (Å²) >= 11 is 5.91. The van der Waals surface area contributed by atoms with Crippen LogP contribution in [0, 0.1) is 5.92 Å². The molecule has 1 fully saturated rings. The van der Waals surface area contributed by atoms with Gasteiger partial charge in [-0.15, -0.1) is 0 Å². The zero-order valence-corrected chi connectivity index (χ0v) is 9.02. The highest BCUT2D eigenvalue weighted by atomic mass is 35.5. The van der Waals surface area contributed by atoms with E-state index in [4.69, 9.17) is 16.7 Å². The molecule has 82 valence electrons. The second-order valence-electron chi connectivity index (χ2n) is 3.95. The van der Waals surface area contributed by atoms with E-state index in [1.807, 2.05) is 10.8 Å². The fraction of sp³-hybridized carbons (Fsp3) is 0.600. The first-order chi connectivity index (χ1) is 7.18. The molecular formula is C10H13ClN2O2. The first-order valence-corrected chi connectivity index (χ1v) is 5.47. The minimum atomic E-state index is -0.676. The van der Waals surface area contributed by atoms with Crippen LogP contribution in [-0.4, -0.2) is 20.6 Å². The van der Waals surface area contributed by atoms with Crippen LogP contribution in [0.15, 0.2) is 12.4 Å². The van der Waals surface area contributed by atoms with Crippen molar-refractivity contribution in [1.82, 2.24) is 9.55 Å². The Labute approximate surface area is 92.9 Å². The molecule has 4 nitrogen and oxygen atoms in total. The predicted octanol–water partition coefficient (Wildman–Crippen LogP) is 2.35. The van der Waals surface area contributed by atoms with E-state index in [2.05, 4.69) is 4.98 Å². The van der Waals surface area contributed by atoms with E-state index in [9.17, 15) is 4.79 Å². The maximum Gasteiger partial charge on any atom is 0.306 e. The summed E-state index contributed by atoms with van der Waals surface area (Å²) in [5.74, 6) is -0.853. The molecule has 0 atom stereocenters. The molecule has 0 amide bonds. The lowest BCUT2D eigenvalue weighted by Gasteiger charge is -2.27. The van der Waals surface area contributed by atoms with Crippen molar-refractivity contribution in [3.8, 4) is 0 Å². The summed E-state index contributed by atoms with van der Waals surface area (Å²) in [7, 11) is 0. The van der Waals surface area contributed by atoms with Gasteiger partial charge in [0.2, 0.25) is 5.28 Å². The van der Waals surface area contributed by atoms with Crippen LogP contribution in [0.3, 0.4) is 0 Å². The highest BCUT2D eigenvalue weighted by Crippen LogP contribution is 2.33. The summed E-state index contributed by atoms with van der Waals surface area (Å²) in [4.78, 5) is 14.7. The Morgan fingerprint density at radius 3 is 2.60 bits per heavy atom. The molecule has 0 saturated heterocycles. The minimum absolute atomic E-state index is 0.177. The highest BCUT2D eigenvalue weighted by Gasteiger charge is 2.27. The number of hydrogen-bond acceptors (Lipinski definition) is 2. The molecule has 0 spiro atoms. The summed E-state index contributed by atoms with van der Waals surface area (Å²) in [5, 5.41) is 9.36. The van der Waals surface area contributed by atoms with Crippen LogP contribution in [0.5, 0.6) is 0 Å². The van der Waals surface area contributed by atoms with Gasteiger partial charge in [0.05, 0.1) is 5.92 Å². The third-order valence-corrected chi connectivity index (χ3v) is 3.35. The van der Waals surface area contributed by atoms with Crippen LogP contribution >= 0.6 is 11.6 Å². The number of rotatable bonds is 2. The van der Waals surface area contributed by atoms with Crippen molar-refractivity contribution in [3.05, 3.63) is 17.7 Å². The second kappa shape index (κ2) is 4.23. The van der Waals surface area contributed by atoms with E-state index >= 15 is 0 Å². The molecule has 0 bridgehead atoms. The van der Waals surface area contributed by atoms with Gasteiger partial charge in [-0.05, 0) is 37.3 Å². The predicted molar refractivity (Wildman–Crippen MR) is 55.9 cm³/mol. The number of carbonyl (C=O) groups is 1. The summed E-state index contributed by atoms with van der Waals surface area (Å²) in [6.45, 7) is 0. The fourth-order valence-electron chi connectivity index (χ4n) is 2.17. The zero-order valence-electron chi connectivity index (χ0n) is 8.27. The number of carboxylic acid groups (broad SMARTS) is 1. The fourth-order valence-corrected chi connectivity index (χ4v) is 2.42. The monoisotopic (exact) mass is 228 g/mol. The lowest BCUT2D eigenvalue weighted by Crippen LogP contribution is -2.23. The summed E-state index contributed by atoms with van der Waals surface area (Å²) in [6, 6.07) is 0.315. The van der Waals surface area contributed by atoms with Gasteiger partial charge in [0.15, 0.2) is 0 Å². The quantitative estimate of drug-likeness (QED) is 0.846. The van der Waals surface area contributed by atoms with Crippen LogP contribution in [0.2, 0.25) is 5.28 Å². The van der Waals surface area contributed by atoms with Gasteiger partial charge in [-0.2, -0.15) is 0 Å². The van der Waals surface area contributed by atoms with Gasteiger partial charge in [0.1, 0.15) is 0 Å². The normalized spacial score (nSPS) is 26.5. The lowest BCUT2D eigenvalue weighted by molar-refractivity contribution is -0.143. The number of imidazole rings is 1. The molecule has 1 saturated carbocycles. The topological polar surface area (TPSA) is 55.1 Å². The molecule has 1 aliphatic rings. The minimum Gasteiger partial charge on any atom is -0.481 e. The largest absolute Gasteiger partial charge is 0.481 e. The van der Waals surface area contributed by atoms with E-state index in [1.54, 1.807) is 6.20 Å². The van der Waals surface area contributed by atoms with Gasteiger partial charge in [0, 0.05) is 18.4 Å². The molecule has 5 heteroatoms. The Hall–Kier alpha value is -1.03. The zero-order chi connectivity index (χ0) is 10.8. The third-order valence-electron chi connectivity index (χ3n) is 3.06. The van der Waals surface area contributed by atoms with Crippen LogP contribution in [0.1, 0.15) is 31.7 Å². The molecule has 1 N–H and O–H groups in total. The number of aliphatic carboxylic acids is 1. The van der Waals surface area contributed by atoms with Crippen molar-refractivity contribution in [2.45, 2.75) is 31.7 Å². The van der Waals surface area contributed by atoms with Gasteiger partial charge in [-0.1, -0.05) is 0 Å². The Kier molecular flexibility index (Phi) is 2.95. The number of aromatic nitrogens is 2. The van der Waals surface area contributed by atoms with E-state index in [-0.39, 0.29) is 5.92 Å². The molecule has 1 aromatic heterocycles. The molecule has 0 aromatic carbocycles. The molecule has 0 unspecified atom stereocenters. The standard InChI is InChI=1S/C10H13ClN2O2/c11-10-12-5-6-13(10)8-3-1-7(2-4-8)9(14)15/h5-8H,1-4H2,(H,14,15). The number of halogens is 1. The molecule has 0 aliphatic heterocycles. The maximum atomic E-state index is 10.8. The summed E-state index contributed by atoms with van der Waals surface area (Å²) in [5.41, 5.74) is 0. The molecular weight excluding hydrogens is 216 g/mol. The van der Waals surface area contributed by atoms with E-state index in [0.717, 1.165) is 25.7 Å². The Balaban J connectivity index is 2.00. The van der Waals surface area contributed by atoms with Crippen molar-refractivity contribution >= 4 is 17.6 Å². The molecule has 1 aliphatic carbocycles. The number of nitrogens with zero attached hydrogens (tertiary/aromatic N) is 2. The van der Waals surface area contributed by atoms with Gasteiger partial charge in [0.25, 0.3) is 0 Å².